The van der Waals surface area contributed by atoms with E-state index < -0.39 is 5.60 Å². The molecule has 102 valence electrons. The molecule has 2 N–H and O–H groups in total. The van der Waals surface area contributed by atoms with E-state index in [2.05, 4.69) is 5.32 Å². The highest BCUT2D eigenvalue weighted by atomic mass is 16.5. The van der Waals surface area contributed by atoms with Gasteiger partial charge in [0.15, 0.2) is 0 Å². The highest BCUT2D eigenvalue weighted by Crippen LogP contribution is 2.14. The number of ether oxygens (including phenoxy) is 1. The summed E-state index contributed by atoms with van der Waals surface area (Å²) in [5, 5.41) is 13.3. The second-order valence-corrected chi connectivity index (χ2v) is 4.41. The zero-order chi connectivity index (χ0) is 13.3. The third-order valence-corrected chi connectivity index (χ3v) is 3.14. The fourth-order valence-electron chi connectivity index (χ4n) is 1.65. The van der Waals surface area contributed by atoms with Gasteiger partial charge in [0, 0.05) is 6.54 Å². The minimum Gasteiger partial charge on any atom is -0.465 e. The molecule has 17 heavy (non-hydrogen) atoms. The molecule has 0 amide bonds. The number of rotatable bonds is 9. The summed E-state index contributed by atoms with van der Waals surface area (Å²) in [6.45, 7) is 8.56. The normalized spacial score (nSPS) is 13.5. The molecule has 0 fully saturated rings. The summed E-state index contributed by atoms with van der Waals surface area (Å²) in [6, 6.07) is -0.301. The first kappa shape index (κ1) is 16.4. The molecule has 0 rings (SSSR count). The average molecular weight is 245 g/mol. The molecule has 1 atom stereocenters. The van der Waals surface area contributed by atoms with Gasteiger partial charge in [0.2, 0.25) is 0 Å². The summed E-state index contributed by atoms with van der Waals surface area (Å²) in [4.78, 5) is 11.7. The molecule has 0 aromatic heterocycles. The summed E-state index contributed by atoms with van der Waals surface area (Å²) in [5.74, 6) is -0.219. The van der Waals surface area contributed by atoms with E-state index in [1.807, 2.05) is 20.8 Å². The van der Waals surface area contributed by atoms with Crippen molar-refractivity contribution in [3.63, 3.8) is 0 Å². The van der Waals surface area contributed by atoms with Crippen LogP contribution in [0.15, 0.2) is 0 Å². The molecule has 0 aliphatic rings. The van der Waals surface area contributed by atoms with Crippen LogP contribution >= 0.6 is 0 Å². The quantitative estimate of drug-likeness (QED) is 0.609. The first-order valence-corrected chi connectivity index (χ1v) is 6.65. The Labute approximate surface area is 105 Å². The predicted octanol–water partition coefficient (Wildman–Crippen LogP) is 1.86. The Balaban J connectivity index is 4.30. The van der Waals surface area contributed by atoms with E-state index >= 15 is 0 Å². The average Bonchev–Trinajstić information content (AvgIpc) is 2.34. The summed E-state index contributed by atoms with van der Waals surface area (Å²) in [6.07, 6.45) is 3.01. The third-order valence-electron chi connectivity index (χ3n) is 3.14. The van der Waals surface area contributed by atoms with Crippen molar-refractivity contribution in [3.05, 3.63) is 0 Å². The lowest BCUT2D eigenvalue weighted by atomic mass is 9.97. The topological polar surface area (TPSA) is 58.6 Å². The molecular formula is C13H27NO3. The van der Waals surface area contributed by atoms with Gasteiger partial charge in [-0.3, -0.25) is 4.79 Å². The fourth-order valence-corrected chi connectivity index (χ4v) is 1.65. The first-order chi connectivity index (χ1) is 8.02. The Bertz CT molecular complexity index is 215. The lowest BCUT2D eigenvalue weighted by Gasteiger charge is -2.28. The van der Waals surface area contributed by atoms with Gasteiger partial charge >= 0.3 is 5.97 Å². The molecular weight excluding hydrogens is 218 g/mol. The van der Waals surface area contributed by atoms with Gasteiger partial charge in [-0.1, -0.05) is 27.2 Å². The van der Waals surface area contributed by atoms with Gasteiger partial charge in [-0.05, 0) is 26.2 Å². The van der Waals surface area contributed by atoms with Gasteiger partial charge in [0.1, 0.15) is 6.04 Å². The standard InChI is InChI=1S/C13H27NO3/c1-5-9-11(12(15)17-8-4)14-10-13(16,6-2)7-3/h11,14,16H,5-10H2,1-4H3. The van der Waals surface area contributed by atoms with E-state index in [1.165, 1.54) is 0 Å². The molecule has 0 radical (unpaired) electrons. The van der Waals surface area contributed by atoms with Crippen molar-refractivity contribution in [2.75, 3.05) is 13.2 Å². The monoisotopic (exact) mass is 245 g/mol. The smallest absolute Gasteiger partial charge is 0.323 e. The van der Waals surface area contributed by atoms with Crippen molar-refractivity contribution in [2.24, 2.45) is 0 Å². The third kappa shape index (κ3) is 6.03. The highest BCUT2D eigenvalue weighted by Gasteiger charge is 2.26. The van der Waals surface area contributed by atoms with Crippen molar-refractivity contribution in [2.45, 2.75) is 65.0 Å². The van der Waals surface area contributed by atoms with Gasteiger partial charge in [0.05, 0.1) is 12.2 Å². The fraction of sp³-hybridized carbons (Fsp3) is 0.923. The number of hydrogen-bond acceptors (Lipinski definition) is 4. The van der Waals surface area contributed by atoms with Gasteiger partial charge < -0.3 is 15.2 Å². The number of carbonyl (C=O) groups excluding carboxylic acids is 1. The summed E-state index contributed by atoms with van der Waals surface area (Å²) in [7, 11) is 0. The molecule has 0 saturated carbocycles. The van der Waals surface area contributed by atoms with Crippen LogP contribution in [0, 0.1) is 0 Å². The Morgan fingerprint density at radius 2 is 1.88 bits per heavy atom. The van der Waals surface area contributed by atoms with Crippen molar-refractivity contribution in [1.82, 2.24) is 5.32 Å². The second kappa shape index (κ2) is 8.48. The predicted molar refractivity (Wildman–Crippen MR) is 68.9 cm³/mol. The molecule has 0 aromatic carbocycles. The van der Waals surface area contributed by atoms with Crippen LogP contribution in [0.25, 0.3) is 0 Å². The van der Waals surface area contributed by atoms with Crippen LogP contribution in [-0.2, 0) is 9.53 Å². The lowest BCUT2D eigenvalue weighted by Crippen LogP contribution is -2.47. The SMILES string of the molecule is CCCC(NCC(O)(CC)CC)C(=O)OCC. The van der Waals surface area contributed by atoms with Crippen LogP contribution in [0.5, 0.6) is 0 Å². The van der Waals surface area contributed by atoms with E-state index in [9.17, 15) is 9.90 Å². The highest BCUT2D eigenvalue weighted by molar-refractivity contribution is 5.75. The molecule has 4 nitrogen and oxygen atoms in total. The van der Waals surface area contributed by atoms with Crippen LogP contribution in [0.3, 0.4) is 0 Å². The Kier molecular flexibility index (Phi) is 8.17. The largest absolute Gasteiger partial charge is 0.465 e. The summed E-state index contributed by atoms with van der Waals surface area (Å²) >= 11 is 0. The number of aliphatic hydroxyl groups is 1. The van der Waals surface area contributed by atoms with Crippen LogP contribution < -0.4 is 5.32 Å². The van der Waals surface area contributed by atoms with Crippen molar-refractivity contribution in [3.8, 4) is 0 Å². The minimum atomic E-state index is -0.724. The van der Waals surface area contributed by atoms with E-state index in [1.54, 1.807) is 6.92 Å². The molecule has 0 bridgehead atoms. The Hall–Kier alpha value is -0.610. The lowest BCUT2D eigenvalue weighted by molar-refractivity contribution is -0.146. The van der Waals surface area contributed by atoms with Crippen molar-refractivity contribution >= 4 is 5.97 Å². The number of carbonyl (C=O) groups is 1. The molecule has 0 spiro atoms. The molecule has 4 heteroatoms. The molecule has 0 aromatic rings. The summed E-state index contributed by atoms with van der Waals surface area (Å²) in [5.41, 5.74) is -0.724. The Morgan fingerprint density at radius 3 is 2.29 bits per heavy atom. The molecule has 0 saturated heterocycles. The maximum Gasteiger partial charge on any atom is 0.323 e. The Morgan fingerprint density at radius 1 is 1.29 bits per heavy atom. The second-order valence-electron chi connectivity index (χ2n) is 4.41. The van der Waals surface area contributed by atoms with Gasteiger partial charge in [-0.2, -0.15) is 0 Å². The molecule has 1 unspecified atom stereocenters. The van der Waals surface area contributed by atoms with Crippen LogP contribution in [0.2, 0.25) is 0 Å². The van der Waals surface area contributed by atoms with Crippen molar-refractivity contribution in [1.29, 1.82) is 0 Å². The van der Waals surface area contributed by atoms with Crippen molar-refractivity contribution < 1.29 is 14.6 Å². The zero-order valence-electron chi connectivity index (χ0n) is 11.6. The molecule has 0 heterocycles. The van der Waals surface area contributed by atoms with Crippen LogP contribution in [0.4, 0.5) is 0 Å². The van der Waals surface area contributed by atoms with E-state index in [4.69, 9.17) is 4.74 Å². The van der Waals surface area contributed by atoms with Crippen LogP contribution in [-0.4, -0.2) is 35.9 Å². The molecule has 0 aliphatic heterocycles. The van der Waals surface area contributed by atoms with E-state index in [0.29, 0.717) is 26.0 Å². The maximum absolute atomic E-state index is 11.7. The van der Waals surface area contributed by atoms with E-state index in [-0.39, 0.29) is 12.0 Å². The van der Waals surface area contributed by atoms with Gasteiger partial charge in [0.25, 0.3) is 0 Å². The summed E-state index contributed by atoms with van der Waals surface area (Å²) < 4.78 is 5.01. The minimum absolute atomic E-state index is 0.219. The van der Waals surface area contributed by atoms with Gasteiger partial charge in [-0.15, -0.1) is 0 Å². The molecule has 0 aliphatic carbocycles. The zero-order valence-corrected chi connectivity index (χ0v) is 11.6. The number of esters is 1. The maximum atomic E-state index is 11.7. The number of nitrogens with one attached hydrogen (secondary N) is 1. The van der Waals surface area contributed by atoms with Gasteiger partial charge in [-0.25, -0.2) is 0 Å². The van der Waals surface area contributed by atoms with E-state index in [0.717, 1.165) is 12.8 Å². The van der Waals surface area contributed by atoms with Crippen LogP contribution in [0.1, 0.15) is 53.4 Å². The first-order valence-electron chi connectivity index (χ1n) is 6.65. The number of hydrogen-bond donors (Lipinski definition) is 2.